The minimum atomic E-state index is -0.918. The fourth-order valence-corrected chi connectivity index (χ4v) is 5.95. The number of carboxylic acids is 2. The van der Waals surface area contributed by atoms with E-state index in [9.17, 15) is 29.4 Å². The maximum atomic E-state index is 12.3. The number of allylic oxidation sites excluding steroid dienone is 3. The van der Waals surface area contributed by atoms with Crippen molar-refractivity contribution in [3.05, 3.63) is 79.8 Å². The Labute approximate surface area is 250 Å². The number of aliphatic carboxylic acids is 2. The first kappa shape index (κ1) is 31.2. The molecule has 0 saturated carbocycles. The van der Waals surface area contributed by atoms with E-state index in [1.165, 1.54) is 0 Å². The van der Waals surface area contributed by atoms with Crippen LogP contribution in [0.3, 0.4) is 0 Å². The van der Waals surface area contributed by atoms with Crippen molar-refractivity contribution in [2.24, 2.45) is 10.9 Å². The summed E-state index contributed by atoms with van der Waals surface area (Å²) in [5, 5.41) is 26.7. The number of carbonyl (C=O) groups is 4. The molecule has 4 rings (SSSR count). The van der Waals surface area contributed by atoms with E-state index >= 15 is 0 Å². The average Bonchev–Trinajstić information content (AvgIpc) is 3.59. The third-order valence-electron chi connectivity index (χ3n) is 8.52. The lowest BCUT2D eigenvalue weighted by atomic mass is 9.90. The van der Waals surface area contributed by atoms with E-state index < -0.39 is 11.9 Å². The summed E-state index contributed by atoms with van der Waals surface area (Å²) in [7, 11) is 0. The number of nitrogens with zero attached hydrogens (tertiary/aromatic N) is 1. The predicted molar refractivity (Wildman–Crippen MR) is 164 cm³/mol. The van der Waals surface area contributed by atoms with Crippen molar-refractivity contribution in [3.63, 3.8) is 0 Å². The summed E-state index contributed by atoms with van der Waals surface area (Å²) in [5.74, 6) is -2.42. The summed E-state index contributed by atoms with van der Waals surface area (Å²) < 4.78 is 0. The molecule has 3 aliphatic heterocycles. The number of aromatic amines is 1. The van der Waals surface area contributed by atoms with Crippen molar-refractivity contribution < 1.29 is 29.4 Å². The van der Waals surface area contributed by atoms with Crippen LogP contribution in [0.1, 0.15) is 64.5 Å². The Morgan fingerprint density at radius 2 is 1.70 bits per heavy atom. The van der Waals surface area contributed by atoms with E-state index in [2.05, 4.69) is 27.2 Å². The summed E-state index contributed by atoms with van der Waals surface area (Å²) in [5.41, 5.74) is 7.39. The van der Waals surface area contributed by atoms with Gasteiger partial charge in [0.05, 0.1) is 17.5 Å². The van der Waals surface area contributed by atoms with E-state index in [0.29, 0.717) is 41.0 Å². The second-order valence-corrected chi connectivity index (χ2v) is 11.1. The molecule has 10 nitrogen and oxygen atoms in total. The van der Waals surface area contributed by atoms with Gasteiger partial charge >= 0.3 is 11.9 Å². The summed E-state index contributed by atoms with van der Waals surface area (Å²) in [6.45, 7) is 13.2. The van der Waals surface area contributed by atoms with Gasteiger partial charge in [-0.25, -0.2) is 4.99 Å². The Bertz CT molecular complexity index is 1710. The Balaban J connectivity index is 1.81. The van der Waals surface area contributed by atoms with Gasteiger partial charge in [0, 0.05) is 51.9 Å². The Morgan fingerprint density at radius 1 is 1.00 bits per heavy atom. The molecule has 4 heterocycles. The number of nitrogens with one attached hydrogen (secondary N) is 3. The first-order chi connectivity index (χ1) is 20.4. The van der Waals surface area contributed by atoms with Gasteiger partial charge in [-0.15, -0.1) is 0 Å². The molecule has 0 radical (unpaired) electrons. The van der Waals surface area contributed by atoms with Gasteiger partial charge < -0.3 is 25.8 Å². The molecule has 0 aromatic carbocycles. The molecule has 10 heteroatoms. The van der Waals surface area contributed by atoms with Crippen LogP contribution >= 0.6 is 0 Å². The molecule has 2 atom stereocenters. The monoisotopic (exact) mass is 586 g/mol. The quantitative estimate of drug-likeness (QED) is 0.266. The van der Waals surface area contributed by atoms with Gasteiger partial charge in [-0.2, -0.15) is 0 Å². The highest BCUT2D eigenvalue weighted by Crippen LogP contribution is 2.33. The second-order valence-electron chi connectivity index (χ2n) is 11.1. The van der Waals surface area contributed by atoms with Crippen LogP contribution in [-0.4, -0.2) is 50.7 Å². The smallest absolute Gasteiger partial charge is 0.303 e. The first-order valence-electron chi connectivity index (χ1n) is 14.4. The van der Waals surface area contributed by atoms with Crippen molar-refractivity contribution in [2.45, 2.75) is 72.8 Å². The highest BCUT2D eigenvalue weighted by molar-refractivity contribution is 6.30. The highest BCUT2D eigenvalue weighted by Gasteiger charge is 2.32. The molecule has 43 heavy (non-hydrogen) atoms. The summed E-state index contributed by atoms with van der Waals surface area (Å²) in [4.78, 5) is 55.3. The van der Waals surface area contributed by atoms with Gasteiger partial charge in [0.25, 0.3) is 11.8 Å². The van der Waals surface area contributed by atoms with Crippen molar-refractivity contribution in [1.82, 2.24) is 15.6 Å². The van der Waals surface area contributed by atoms with Crippen molar-refractivity contribution >= 4 is 41.6 Å². The zero-order valence-corrected chi connectivity index (χ0v) is 25.2. The number of carboxylic acid groups (broad SMARTS) is 2. The minimum Gasteiger partial charge on any atom is -0.481 e. The van der Waals surface area contributed by atoms with Gasteiger partial charge in [0.2, 0.25) is 0 Å². The second kappa shape index (κ2) is 12.6. The van der Waals surface area contributed by atoms with Crippen LogP contribution in [0, 0.1) is 12.8 Å². The number of hydrogen-bond donors (Lipinski definition) is 5. The lowest BCUT2D eigenvalue weighted by molar-refractivity contribution is -0.138. The van der Waals surface area contributed by atoms with Gasteiger partial charge in [0.15, 0.2) is 0 Å². The van der Waals surface area contributed by atoms with E-state index in [0.717, 1.165) is 38.7 Å². The van der Waals surface area contributed by atoms with Crippen molar-refractivity contribution in [1.29, 1.82) is 0 Å². The molecule has 2 unspecified atom stereocenters. The average molecular weight is 587 g/mol. The molecule has 0 spiro atoms. The number of hydrogen-bond acceptors (Lipinski definition) is 5. The van der Waals surface area contributed by atoms with Crippen molar-refractivity contribution in [2.75, 3.05) is 0 Å². The lowest BCUT2D eigenvalue weighted by Gasteiger charge is -2.18. The van der Waals surface area contributed by atoms with E-state index in [-0.39, 0.29) is 43.0 Å². The summed E-state index contributed by atoms with van der Waals surface area (Å²) >= 11 is 0. The molecule has 0 saturated heterocycles. The molecule has 1 aromatic rings. The molecule has 3 aliphatic rings. The first-order valence-corrected chi connectivity index (χ1v) is 14.4. The number of H-pyrrole nitrogens is 1. The predicted octanol–water partition coefficient (Wildman–Crippen LogP) is 2.85. The molecule has 0 fully saturated rings. The van der Waals surface area contributed by atoms with Gasteiger partial charge in [-0.05, 0) is 87.5 Å². The molecule has 2 amide bonds. The zero-order valence-electron chi connectivity index (χ0n) is 25.2. The topological polar surface area (TPSA) is 161 Å². The normalized spacial score (nSPS) is 22.3. The molecule has 1 aromatic heterocycles. The number of carbonyl (C=O) groups excluding carboxylic acids is 2. The highest BCUT2D eigenvalue weighted by atomic mass is 16.4. The molecule has 0 bridgehead atoms. The van der Waals surface area contributed by atoms with Crippen LogP contribution in [0.25, 0.3) is 12.2 Å². The van der Waals surface area contributed by atoms with Crippen LogP contribution in [0.4, 0.5) is 0 Å². The molecule has 226 valence electrons. The summed E-state index contributed by atoms with van der Waals surface area (Å²) in [6.07, 6.45) is 8.44. The van der Waals surface area contributed by atoms with Crippen LogP contribution in [0.5, 0.6) is 0 Å². The van der Waals surface area contributed by atoms with Crippen LogP contribution in [-0.2, 0) is 25.6 Å². The van der Waals surface area contributed by atoms with E-state index in [1.807, 2.05) is 45.9 Å². The molecule has 5 N–H and O–H groups in total. The molecule has 0 aliphatic carbocycles. The van der Waals surface area contributed by atoms with Crippen LogP contribution < -0.4 is 21.3 Å². The van der Waals surface area contributed by atoms with Crippen molar-refractivity contribution in [3.8, 4) is 0 Å². The van der Waals surface area contributed by atoms with E-state index in [1.54, 1.807) is 13.0 Å². The number of aliphatic imine (C=N–C) groups is 1. The standard InChI is InChI=1S/C33H38N4O6/c1-7-20-19(6)32(42)37-27(20)14-25-18(5)23(10-12-31(40)41)29(35-25)15-28-22(9-11-30(38)39)17(4)24(34-28)13-26-16(3)21(8-2)33(43)36-26/h7,13-15,23,29,34-35H,1,8-12H2,2-6H3,(H,37,42)(H,38,39)(H,40,41)/b24-13-,27-14-,28-15-. The van der Waals surface area contributed by atoms with Crippen LogP contribution in [0.15, 0.2) is 63.0 Å². The van der Waals surface area contributed by atoms with E-state index in [4.69, 9.17) is 0 Å². The maximum absolute atomic E-state index is 12.3. The third-order valence-corrected chi connectivity index (χ3v) is 8.52. The largest absolute Gasteiger partial charge is 0.481 e. The van der Waals surface area contributed by atoms with Gasteiger partial charge in [-0.1, -0.05) is 19.6 Å². The Morgan fingerprint density at radius 3 is 2.30 bits per heavy atom. The number of amides is 2. The Hall–Kier alpha value is -4.73. The zero-order chi connectivity index (χ0) is 31.6. The summed E-state index contributed by atoms with van der Waals surface area (Å²) in [6, 6.07) is -0.311. The lowest BCUT2D eigenvalue weighted by Crippen LogP contribution is -2.30. The Kier molecular flexibility index (Phi) is 9.18. The fourth-order valence-electron chi connectivity index (χ4n) is 5.95. The molecular formula is C33H38N4O6. The number of aromatic nitrogens is 1. The fraction of sp³-hybridized carbons (Fsp3) is 0.364. The van der Waals surface area contributed by atoms with Gasteiger partial charge in [-0.3, -0.25) is 19.2 Å². The minimum absolute atomic E-state index is 0.0284. The third kappa shape index (κ3) is 6.38. The maximum Gasteiger partial charge on any atom is 0.303 e. The number of rotatable bonds is 11. The van der Waals surface area contributed by atoms with Gasteiger partial charge in [0.1, 0.15) is 0 Å². The van der Waals surface area contributed by atoms with Crippen LogP contribution in [0.2, 0.25) is 0 Å². The SMILES string of the molecule is C=CC1=C(C)C(=O)N/C1=C\C1=C(C)C(CCC(=O)O)C(/C=c2\[nH]/c(=C\C3=NC(=O)C(CC)=C3C)c(C)c2CCC(=O)O)N1. The molecular weight excluding hydrogens is 548 g/mol.